The minimum atomic E-state index is -0.0156. The third-order valence-electron chi connectivity index (χ3n) is 5.11. The number of rotatable bonds is 7. The van der Waals surface area contributed by atoms with Gasteiger partial charge in [0.1, 0.15) is 5.75 Å². The molecule has 154 valence electrons. The largest absolute Gasteiger partial charge is 0.484 e. The Balaban J connectivity index is 1.37. The van der Waals surface area contributed by atoms with Gasteiger partial charge in [-0.15, -0.1) is 0 Å². The van der Waals surface area contributed by atoms with Crippen LogP contribution in [-0.4, -0.2) is 60.9 Å². The van der Waals surface area contributed by atoms with Crippen LogP contribution in [0, 0.1) is 13.8 Å². The van der Waals surface area contributed by atoms with E-state index in [0.29, 0.717) is 39.3 Å². The fraction of sp³-hybridized carbons (Fsp3) is 0.391. The van der Waals surface area contributed by atoms with E-state index >= 15 is 0 Å². The van der Waals surface area contributed by atoms with E-state index in [1.165, 1.54) is 5.56 Å². The molecule has 1 fully saturated rings. The molecule has 6 heteroatoms. The van der Waals surface area contributed by atoms with Crippen molar-refractivity contribution in [2.45, 2.75) is 20.4 Å². The molecule has 1 N–H and O–H groups in total. The summed E-state index contributed by atoms with van der Waals surface area (Å²) in [6.45, 7) is 7.55. The first kappa shape index (κ1) is 20.9. The highest BCUT2D eigenvalue weighted by molar-refractivity contribution is 5.79. The van der Waals surface area contributed by atoms with Crippen molar-refractivity contribution in [2.24, 2.45) is 0 Å². The molecule has 2 aromatic carbocycles. The number of piperazine rings is 1. The fourth-order valence-electron chi connectivity index (χ4n) is 3.40. The van der Waals surface area contributed by atoms with Gasteiger partial charge in [-0.3, -0.25) is 14.5 Å². The maximum absolute atomic E-state index is 12.4. The molecule has 0 unspecified atom stereocenters. The van der Waals surface area contributed by atoms with E-state index in [2.05, 4.69) is 10.2 Å². The Kier molecular flexibility index (Phi) is 7.25. The number of benzene rings is 2. The van der Waals surface area contributed by atoms with Gasteiger partial charge in [0.05, 0.1) is 6.54 Å². The SMILES string of the molecule is Cc1ccc(OCC(=O)N2CCN(CC(=O)NCc3ccccc3)CC2)c(C)c1. The highest BCUT2D eigenvalue weighted by Gasteiger charge is 2.22. The lowest BCUT2D eigenvalue weighted by Crippen LogP contribution is -2.52. The fourth-order valence-corrected chi connectivity index (χ4v) is 3.40. The van der Waals surface area contributed by atoms with Gasteiger partial charge in [0.2, 0.25) is 5.91 Å². The van der Waals surface area contributed by atoms with Crippen LogP contribution in [0.5, 0.6) is 5.75 Å². The molecule has 1 aliphatic rings. The Morgan fingerprint density at radius 2 is 1.72 bits per heavy atom. The molecule has 0 saturated carbocycles. The number of carbonyl (C=O) groups is 2. The Morgan fingerprint density at radius 1 is 1.00 bits per heavy atom. The first-order valence-corrected chi connectivity index (χ1v) is 10.0. The highest BCUT2D eigenvalue weighted by Crippen LogP contribution is 2.18. The molecule has 0 atom stereocenters. The number of amides is 2. The van der Waals surface area contributed by atoms with Gasteiger partial charge in [-0.1, -0.05) is 48.0 Å². The number of carbonyl (C=O) groups excluding carboxylic acids is 2. The monoisotopic (exact) mass is 395 g/mol. The molecular weight excluding hydrogens is 366 g/mol. The first-order chi connectivity index (χ1) is 14.0. The molecule has 0 spiro atoms. The summed E-state index contributed by atoms with van der Waals surface area (Å²) in [5.74, 6) is 0.739. The van der Waals surface area contributed by atoms with Crippen molar-refractivity contribution < 1.29 is 14.3 Å². The molecule has 0 aromatic heterocycles. The van der Waals surface area contributed by atoms with Gasteiger partial charge in [-0.2, -0.15) is 0 Å². The Bertz CT molecular complexity index is 831. The summed E-state index contributed by atoms with van der Waals surface area (Å²) in [7, 11) is 0. The second kappa shape index (κ2) is 10.1. The molecule has 0 bridgehead atoms. The zero-order valence-electron chi connectivity index (χ0n) is 17.2. The van der Waals surface area contributed by atoms with E-state index in [4.69, 9.17) is 4.74 Å². The van der Waals surface area contributed by atoms with Gasteiger partial charge in [-0.05, 0) is 31.0 Å². The third-order valence-corrected chi connectivity index (χ3v) is 5.11. The second-order valence-corrected chi connectivity index (χ2v) is 7.48. The summed E-state index contributed by atoms with van der Waals surface area (Å²) in [6, 6.07) is 15.8. The smallest absolute Gasteiger partial charge is 0.260 e. The average Bonchev–Trinajstić information content (AvgIpc) is 2.73. The highest BCUT2D eigenvalue weighted by atomic mass is 16.5. The molecule has 0 radical (unpaired) electrons. The molecule has 29 heavy (non-hydrogen) atoms. The molecule has 0 aliphatic carbocycles. The number of nitrogens with one attached hydrogen (secondary N) is 1. The predicted molar refractivity (Wildman–Crippen MR) is 113 cm³/mol. The van der Waals surface area contributed by atoms with E-state index in [1.807, 2.05) is 67.3 Å². The molecular formula is C23H29N3O3. The molecule has 3 rings (SSSR count). The predicted octanol–water partition coefficient (Wildman–Crippen LogP) is 2.14. The molecule has 2 aromatic rings. The number of nitrogens with zero attached hydrogens (tertiary/aromatic N) is 2. The van der Waals surface area contributed by atoms with Crippen molar-refractivity contribution in [3.63, 3.8) is 0 Å². The van der Waals surface area contributed by atoms with Gasteiger partial charge in [0.25, 0.3) is 5.91 Å². The molecule has 2 amide bonds. The van der Waals surface area contributed by atoms with Crippen LogP contribution in [-0.2, 0) is 16.1 Å². The average molecular weight is 396 g/mol. The van der Waals surface area contributed by atoms with Crippen LogP contribution < -0.4 is 10.1 Å². The summed E-state index contributed by atoms with van der Waals surface area (Å²) >= 11 is 0. The minimum Gasteiger partial charge on any atom is -0.484 e. The van der Waals surface area contributed by atoms with E-state index in [-0.39, 0.29) is 18.4 Å². The van der Waals surface area contributed by atoms with E-state index in [0.717, 1.165) is 16.9 Å². The van der Waals surface area contributed by atoms with Crippen LogP contribution >= 0.6 is 0 Å². The van der Waals surface area contributed by atoms with Crippen molar-refractivity contribution >= 4 is 11.8 Å². The van der Waals surface area contributed by atoms with Gasteiger partial charge in [0.15, 0.2) is 6.61 Å². The lowest BCUT2D eigenvalue weighted by molar-refractivity contribution is -0.135. The Hall–Kier alpha value is -2.86. The van der Waals surface area contributed by atoms with Gasteiger partial charge in [0, 0.05) is 32.7 Å². The second-order valence-electron chi connectivity index (χ2n) is 7.48. The van der Waals surface area contributed by atoms with Crippen LogP contribution in [0.2, 0.25) is 0 Å². The number of hydrogen-bond donors (Lipinski definition) is 1. The zero-order chi connectivity index (χ0) is 20.6. The van der Waals surface area contributed by atoms with Crippen molar-refractivity contribution in [3.05, 3.63) is 65.2 Å². The maximum Gasteiger partial charge on any atom is 0.260 e. The molecule has 1 saturated heterocycles. The van der Waals surface area contributed by atoms with Crippen LogP contribution in [0.3, 0.4) is 0 Å². The van der Waals surface area contributed by atoms with Crippen LogP contribution in [0.15, 0.2) is 48.5 Å². The standard InChI is InChI=1S/C23H29N3O3/c1-18-8-9-21(19(2)14-18)29-17-23(28)26-12-10-25(11-13-26)16-22(27)24-15-20-6-4-3-5-7-20/h3-9,14H,10-13,15-17H2,1-2H3,(H,24,27). The van der Waals surface area contributed by atoms with Gasteiger partial charge in [-0.25, -0.2) is 0 Å². The number of ether oxygens (including phenoxy) is 1. The van der Waals surface area contributed by atoms with Crippen molar-refractivity contribution in [1.82, 2.24) is 15.1 Å². The first-order valence-electron chi connectivity index (χ1n) is 10.0. The summed E-state index contributed by atoms with van der Waals surface area (Å²) in [4.78, 5) is 28.5. The molecule has 1 heterocycles. The normalized spacial score (nSPS) is 14.5. The van der Waals surface area contributed by atoms with Crippen molar-refractivity contribution in [3.8, 4) is 5.75 Å². The lowest BCUT2D eigenvalue weighted by atomic mass is 10.1. The van der Waals surface area contributed by atoms with E-state index < -0.39 is 0 Å². The molecule has 1 aliphatic heterocycles. The van der Waals surface area contributed by atoms with Crippen molar-refractivity contribution in [2.75, 3.05) is 39.3 Å². The third kappa shape index (κ3) is 6.32. The maximum atomic E-state index is 12.4. The van der Waals surface area contributed by atoms with Crippen LogP contribution in [0.1, 0.15) is 16.7 Å². The summed E-state index contributed by atoms with van der Waals surface area (Å²) in [5.41, 5.74) is 3.29. The number of hydrogen-bond acceptors (Lipinski definition) is 4. The van der Waals surface area contributed by atoms with Gasteiger partial charge < -0.3 is 15.0 Å². The summed E-state index contributed by atoms with van der Waals surface area (Å²) < 4.78 is 5.70. The topological polar surface area (TPSA) is 61.9 Å². The van der Waals surface area contributed by atoms with E-state index in [1.54, 1.807) is 0 Å². The van der Waals surface area contributed by atoms with E-state index in [9.17, 15) is 9.59 Å². The summed E-state index contributed by atoms with van der Waals surface area (Å²) in [5, 5.41) is 2.95. The van der Waals surface area contributed by atoms with Gasteiger partial charge >= 0.3 is 0 Å². The Labute approximate surface area is 172 Å². The lowest BCUT2D eigenvalue weighted by Gasteiger charge is -2.34. The minimum absolute atomic E-state index is 0.00630. The zero-order valence-corrected chi connectivity index (χ0v) is 17.2. The van der Waals surface area contributed by atoms with Crippen molar-refractivity contribution in [1.29, 1.82) is 0 Å². The summed E-state index contributed by atoms with van der Waals surface area (Å²) in [6.07, 6.45) is 0. The van der Waals surface area contributed by atoms with Crippen LogP contribution in [0.4, 0.5) is 0 Å². The number of aryl methyl sites for hydroxylation is 2. The Morgan fingerprint density at radius 3 is 2.41 bits per heavy atom. The quantitative estimate of drug-likeness (QED) is 0.780. The van der Waals surface area contributed by atoms with Crippen LogP contribution in [0.25, 0.3) is 0 Å². The molecule has 6 nitrogen and oxygen atoms in total.